The van der Waals surface area contributed by atoms with Gasteiger partial charge in [-0.05, 0) is 29.5 Å². The van der Waals surface area contributed by atoms with E-state index in [2.05, 4.69) is 24.8 Å². The molecule has 94 valence electrons. The van der Waals surface area contributed by atoms with E-state index in [-0.39, 0.29) is 0 Å². The maximum Gasteiger partial charge on any atom is 0.0596 e. The number of nitrogens with zero attached hydrogens (tertiary/aromatic N) is 1. The molecule has 1 aliphatic heterocycles. The molecule has 1 atom stereocenters. The molecule has 0 saturated carbocycles. The first-order chi connectivity index (χ1) is 8.11. The molecule has 1 heterocycles. The lowest BCUT2D eigenvalue weighted by molar-refractivity contribution is 0.218. The predicted molar refractivity (Wildman–Crippen MR) is 73.7 cm³/mol. The molecule has 0 aliphatic carbocycles. The quantitative estimate of drug-likeness (QED) is 0.787. The minimum atomic E-state index is 0.717. The first-order valence-electron chi connectivity index (χ1n) is 6.49. The fraction of sp³-hybridized carbons (Fsp3) is 0.571. The Labute approximate surface area is 104 Å². The van der Waals surface area contributed by atoms with E-state index >= 15 is 0 Å². The van der Waals surface area contributed by atoms with E-state index in [1.54, 1.807) is 0 Å². The van der Waals surface area contributed by atoms with Crippen LogP contribution >= 0.6 is 0 Å². The third kappa shape index (κ3) is 2.55. The van der Waals surface area contributed by atoms with E-state index < -0.39 is 0 Å². The molecule has 0 fully saturated rings. The summed E-state index contributed by atoms with van der Waals surface area (Å²) in [4.78, 5) is 2.49. The molecule has 1 aromatic carbocycles. The summed E-state index contributed by atoms with van der Waals surface area (Å²) in [7, 11) is 0. The lowest BCUT2D eigenvalue weighted by atomic mass is 9.96. The highest BCUT2D eigenvalue weighted by Crippen LogP contribution is 2.29. The lowest BCUT2D eigenvalue weighted by Gasteiger charge is -2.31. The van der Waals surface area contributed by atoms with Crippen LogP contribution in [0.4, 0.5) is 11.4 Å². The molecular weight excluding hydrogens is 210 g/mol. The van der Waals surface area contributed by atoms with Gasteiger partial charge in [0.15, 0.2) is 0 Å². The molecule has 0 bridgehead atoms. The topological polar surface area (TPSA) is 55.3 Å². The number of hydrogen-bond acceptors (Lipinski definition) is 3. The highest BCUT2D eigenvalue weighted by molar-refractivity contribution is 5.69. The molecule has 0 saturated heterocycles. The van der Waals surface area contributed by atoms with Crippen molar-refractivity contribution in [2.75, 3.05) is 24.6 Å². The first-order valence-corrected chi connectivity index (χ1v) is 6.49. The average molecular weight is 233 g/mol. The summed E-state index contributed by atoms with van der Waals surface area (Å²) in [5.41, 5.74) is 16.1. The second-order valence-corrected chi connectivity index (χ2v) is 5.20. The van der Waals surface area contributed by atoms with Crippen molar-refractivity contribution in [3.05, 3.63) is 23.3 Å². The van der Waals surface area contributed by atoms with Gasteiger partial charge < -0.3 is 11.5 Å². The molecule has 0 radical (unpaired) electrons. The summed E-state index contributed by atoms with van der Waals surface area (Å²) in [5.74, 6) is 0.749. The highest BCUT2D eigenvalue weighted by Gasteiger charge is 2.20. The third-order valence-electron chi connectivity index (χ3n) is 3.83. The predicted octanol–water partition coefficient (Wildman–Crippen LogP) is 2.26. The van der Waals surface area contributed by atoms with Gasteiger partial charge in [-0.15, -0.1) is 0 Å². The standard InChI is InChI=1S/C14H23N3/c1-3-10(2)8-17-7-6-11-4-5-13(15)14(16)12(11)9-17/h4-5,10H,3,6-9,15-16H2,1-2H3. The monoisotopic (exact) mass is 233 g/mol. The molecule has 1 aromatic rings. The number of nitrogens with two attached hydrogens (primary N) is 2. The zero-order valence-electron chi connectivity index (χ0n) is 10.9. The van der Waals surface area contributed by atoms with Crippen LogP contribution in [0.15, 0.2) is 12.1 Å². The van der Waals surface area contributed by atoms with Gasteiger partial charge in [0, 0.05) is 19.6 Å². The van der Waals surface area contributed by atoms with Crippen molar-refractivity contribution in [1.82, 2.24) is 4.90 Å². The van der Waals surface area contributed by atoms with Gasteiger partial charge in [-0.3, -0.25) is 4.90 Å². The summed E-state index contributed by atoms with van der Waals surface area (Å²) < 4.78 is 0. The van der Waals surface area contributed by atoms with Gasteiger partial charge >= 0.3 is 0 Å². The minimum absolute atomic E-state index is 0.717. The van der Waals surface area contributed by atoms with Crippen LogP contribution in [0, 0.1) is 5.92 Å². The number of rotatable bonds is 3. The van der Waals surface area contributed by atoms with Crippen molar-refractivity contribution in [3.63, 3.8) is 0 Å². The Morgan fingerprint density at radius 1 is 1.35 bits per heavy atom. The van der Waals surface area contributed by atoms with Gasteiger partial charge in [0.25, 0.3) is 0 Å². The van der Waals surface area contributed by atoms with Crippen LogP contribution in [-0.4, -0.2) is 18.0 Å². The first kappa shape index (κ1) is 12.2. The molecule has 2 rings (SSSR count). The van der Waals surface area contributed by atoms with E-state index in [1.807, 2.05) is 6.07 Å². The van der Waals surface area contributed by atoms with Gasteiger partial charge in [-0.1, -0.05) is 26.3 Å². The Hall–Kier alpha value is -1.22. The van der Waals surface area contributed by atoms with Crippen molar-refractivity contribution in [3.8, 4) is 0 Å². The van der Waals surface area contributed by atoms with Crippen molar-refractivity contribution in [2.24, 2.45) is 5.92 Å². The third-order valence-corrected chi connectivity index (χ3v) is 3.83. The average Bonchev–Trinajstić information content (AvgIpc) is 2.34. The molecular formula is C14H23N3. The van der Waals surface area contributed by atoms with Crippen molar-refractivity contribution in [1.29, 1.82) is 0 Å². The van der Waals surface area contributed by atoms with E-state index in [9.17, 15) is 0 Å². The smallest absolute Gasteiger partial charge is 0.0596 e. The van der Waals surface area contributed by atoms with Crippen LogP contribution < -0.4 is 11.5 Å². The fourth-order valence-corrected chi connectivity index (χ4v) is 2.46. The zero-order valence-corrected chi connectivity index (χ0v) is 10.9. The minimum Gasteiger partial charge on any atom is -0.397 e. The number of hydrogen-bond donors (Lipinski definition) is 2. The number of nitrogen functional groups attached to an aromatic ring is 2. The molecule has 3 heteroatoms. The maximum atomic E-state index is 6.08. The Balaban J connectivity index is 2.15. The van der Waals surface area contributed by atoms with Gasteiger partial charge in [0.1, 0.15) is 0 Å². The second kappa shape index (κ2) is 4.96. The van der Waals surface area contributed by atoms with Crippen LogP contribution in [0.2, 0.25) is 0 Å². The fourth-order valence-electron chi connectivity index (χ4n) is 2.46. The van der Waals surface area contributed by atoms with Crippen LogP contribution in [0.1, 0.15) is 31.4 Å². The summed E-state index contributed by atoms with van der Waals surface area (Å²) in [6, 6.07) is 4.06. The van der Waals surface area contributed by atoms with Crippen LogP contribution in [0.25, 0.3) is 0 Å². The summed E-state index contributed by atoms with van der Waals surface area (Å²) in [6.45, 7) is 7.80. The molecule has 1 aliphatic rings. The normalized spacial score (nSPS) is 17.8. The van der Waals surface area contributed by atoms with Gasteiger partial charge in [0.2, 0.25) is 0 Å². The lowest BCUT2D eigenvalue weighted by Crippen LogP contribution is -2.34. The number of anilines is 2. The molecule has 1 unspecified atom stereocenters. The Kier molecular flexibility index (Phi) is 3.57. The van der Waals surface area contributed by atoms with E-state index in [4.69, 9.17) is 11.5 Å². The molecule has 4 N–H and O–H groups in total. The van der Waals surface area contributed by atoms with Crippen LogP contribution in [0.5, 0.6) is 0 Å². The molecule has 0 spiro atoms. The SMILES string of the molecule is CCC(C)CN1CCc2ccc(N)c(N)c2C1. The zero-order chi connectivity index (χ0) is 12.4. The highest BCUT2D eigenvalue weighted by atomic mass is 15.1. The Bertz CT molecular complexity index is 401. The molecule has 3 nitrogen and oxygen atoms in total. The van der Waals surface area contributed by atoms with Crippen LogP contribution in [-0.2, 0) is 13.0 Å². The second-order valence-electron chi connectivity index (χ2n) is 5.20. The van der Waals surface area contributed by atoms with Crippen molar-refractivity contribution >= 4 is 11.4 Å². The van der Waals surface area contributed by atoms with Gasteiger partial charge in [-0.25, -0.2) is 0 Å². The van der Waals surface area contributed by atoms with Crippen molar-refractivity contribution in [2.45, 2.75) is 33.2 Å². The van der Waals surface area contributed by atoms with Gasteiger partial charge in [-0.2, -0.15) is 0 Å². The van der Waals surface area contributed by atoms with Crippen LogP contribution in [0.3, 0.4) is 0 Å². The molecule has 17 heavy (non-hydrogen) atoms. The van der Waals surface area contributed by atoms with E-state index in [1.165, 1.54) is 17.5 Å². The molecule has 0 amide bonds. The van der Waals surface area contributed by atoms with Crippen molar-refractivity contribution < 1.29 is 0 Å². The summed E-state index contributed by atoms with van der Waals surface area (Å²) in [6.07, 6.45) is 2.33. The van der Waals surface area contributed by atoms with E-state index in [0.29, 0.717) is 5.69 Å². The summed E-state index contributed by atoms with van der Waals surface area (Å²) in [5, 5.41) is 0. The Morgan fingerprint density at radius 3 is 2.82 bits per heavy atom. The number of benzene rings is 1. The van der Waals surface area contributed by atoms with E-state index in [0.717, 1.165) is 37.7 Å². The molecule has 0 aromatic heterocycles. The summed E-state index contributed by atoms with van der Waals surface area (Å²) >= 11 is 0. The maximum absolute atomic E-state index is 6.08. The van der Waals surface area contributed by atoms with Gasteiger partial charge in [0.05, 0.1) is 11.4 Å². The Morgan fingerprint density at radius 2 is 2.12 bits per heavy atom. The number of fused-ring (bicyclic) bond motifs is 1. The largest absolute Gasteiger partial charge is 0.397 e.